The van der Waals surface area contributed by atoms with Crippen LogP contribution in [0.25, 0.3) is 0 Å². The van der Waals surface area contributed by atoms with Crippen molar-refractivity contribution < 1.29 is 14.6 Å². The summed E-state index contributed by atoms with van der Waals surface area (Å²) in [5, 5.41) is 8.94. The van der Waals surface area contributed by atoms with Crippen LogP contribution in [0.2, 0.25) is 0 Å². The van der Waals surface area contributed by atoms with Gasteiger partial charge in [-0.25, -0.2) is 4.79 Å². The third-order valence-corrected chi connectivity index (χ3v) is 1.81. The van der Waals surface area contributed by atoms with E-state index < -0.39 is 5.97 Å². The number of carboxylic acids is 1. The number of carbonyl (C=O) groups is 1. The molecule has 0 bridgehead atoms. The average molecular weight is 216 g/mol. The number of benzene rings is 1. The molecular formula is C11H13NaO3. The second-order valence-electron chi connectivity index (χ2n) is 2.85. The minimum atomic E-state index is -0.970. The van der Waals surface area contributed by atoms with Crippen LogP contribution in [0, 0.1) is 6.92 Å². The molecular weight excluding hydrogens is 203 g/mol. The summed E-state index contributed by atoms with van der Waals surface area (Å²) >= 11 is 0. The Bertz CT molecular complexity index is 361. The number of aryl methyl sites for hydroxylation is 1. The predicted octanol–water partition coefficient (Wildman–Crippen LogP) is 1.61. The van der Waals surface area contributed by atoms with Crippen LogP contribution >= 0.6 is 0 Å². The molecule has 0 aromatic heterocycles. The first-order valence-corrected chi connectivity index (χ1v) is 4.23. The van der Waals surface area contributed by atoms with Crippen LogP contribution in [-0.2, 0) is 0 Å². The van der Waals surface area contributed by atoms with Crippen LogP contribution in [-0.4, -0.2) is 47.2 Å². The molecule has 0 radical (unpaired) electrons. The van der Waals surface area contributed by atoms with E-state index in [1.54, 1.807) is 31.2 Å². The Morgan fingerprint density at radius 2 is 2.27 bits per heavy atom. The van der Waals surface area contributed by atoms with E-state index in [4.69, 9.17) is 9.84 Å². The fourth-order valence-electron chi connectivity index (χ4n) is 1.18. The Kier molecular flexibility index (Phi) is 6.32. The molecule has 0 fully saturated rings. The molecule has 1 aromatic carbocycles. The van der Waals surface area contributed by atoms with Crippen molar-refractivity contribution in [2.24, 2.45) is 0 Å². The molecule has 0 amide bonds. The van der Waals surface area contributed by atoms with Gasteiger partial charge >= 0.3 is 35.5 Å². The van der Waals surface area contributed by atoms with E-state index >= 15 is 0 Å². The molecule has 0 unspecified atom stereocenters. The third kappa shape index (κ3) is 3.70. The van der Waals surface area contributed by atoms with Crippen LogP contribution in [0.15, 0.2) is 30.9 Å². The molecule has 76 valence electrons. The average Bonchev–Trinajstić information content (AvgIpc) is 2.14. The molecule has 0 spiro atoms. The fraction of sp³-hybridized carbons (Fsp3) is 0.182. The molecule has 0 saturated carbocycles. The Morgan fingerprint density at radius 3 is 2.80 bits per heavy atom. The molecule has 4 heteroatoms. The van der Waals surface area contributed by atoms with E-state index in [1.165, 1.54) is 0 Å². The zero-order chi connectivity index (χ0) is 10.6. The van der Waals surface area contributed by atoms with Gasteiger partial charge in [-0.3, -0.25) is 0 Å². The summed E-state index contributed by atoms with van der Waals surface area (Å²) in [5.74, 6) is -0.584. The van der Waals surface area contributed by atoms with Crippen molar-refractivity contribution >= 4 is 35.5 Å². The SMILES string of the molecule is C=CCOc1cccc(C)c1C(=O)O.[NaH]. The molecule has 0 aliphatic rings. The van der Waals surface area contributed by atoms with Gasteiger partial charge in [0.2, 0.25) is 0 Å². The van der Waals surface area contributed by atoms with Gasteiger partial charge in [0.15, 0.2) is 0 Å². The molecule has 0 atom stereocenters. The summed E-state index contributed by atoms with van der Waals surface area (Å²) in [6.07, 6.45) is 1.58. The van der Waals surface area contributed by atoms with Crippen molar-refractivity contribution in [1.82, 2.24) is 0 Å². The maximum absolute atomic E-state index is 10.9. The summed E-state index contributed by atoms with van der Waals surface area (Å²) in [4.78, 5) is 10.9. The Labute approximate surface area is 111 Å². The first kappa shape index (κ1) is 14.2. The van der Waals surface area contributed by atoms with Gasteiger partial charge in [0, 0.05) is 0 Å². The molecule has 3 nitrogen and oxygen atoms in total. The van der Waals surface area contributed by atoms with E-state index in [0.29, 0.717) is 17.9 Å². The van der Waals surface area contributed by atoms with Crippen molar-refractivity contribution in [3.63, 3.8) is 0 Å². The summed E-state index contributed by atoms with van der Waals surface area (Å²) in [6, 6.07) is 5.14. The van der Waals surface area contributed by atoms with Gasteiger partial charge in [-0.1, -0.05) is 24.8 Å². The van der Waals surface area contributed by atoms with Crippen molar-refractivity contribution in [1.29, 1.82) is 0 Å². The quantitative estimate of drug-likeness (QED) is 0.614. The predicted molar refractivity (Wildman–Crippen MR) is 61.0 cm³/mol. The number of rotatable bonds is 4. The van der Waals surface area contributed by atoms with Gasteiger partial charge in [-0.15, -0.1) is 0 Å². The van der Waals surface area contributed by atoms with Crippen LogP contribution in [0.3, 0.4) is 0 Å². The minimum absolute atomic E-state index is 0. The Morgan fingerprint density at radius 1 is 1.60 bits per heavy atom. The second-order valence-corrected chi connectivity index (χ2v) is 2.85. The Balaban J connectivity index is 0.00000196. The zero-order valence-electron chi connectivity index (χ0n) is 7.99. The van der Waals surface area contributed by atoms with Crippen LogP contribution in [0.4, 0.5) is 0 Å². The number of hydrogen-bond donors (Lipinski definition) is 1. The van der Waals surface area contributed by atoms with Crippen LogP contribution in [0.5, 0.6) is 5.75 Å². The maximum atomic E-state index is 10.9. The van der Waals surface area contributed by atoms with Crippen LogP contribution < -0.4 is 4.74 Å². The van der Waals surface area contributed by atoms with Crippen molar-refractivity contribution in [2.75, 3.05) is 6.61 Å². The van der Waals surface area contributed by atoms with Gasteiger partial charge in [-0.2, -0.15) is 0 Å². The standard InChI is InChI=1S/C11H12O3.Na.H/c1-3-7-14-9-6-4-5-8(2)10(9)11(12)13;;/h3-6H,1,7H2,2H3,(H,12,13);;. The van der Waals surface area contributed by atoms with Gasteiger partial charge in [0.05, 0.1) is 0 Å². The van der Waals surface area contributed by atoms with E-state index in [2.05, 4.69) is 6.58 Å². The van der Waals surface area contributed by atoms with Crippen molar-refractivity contribution in [3.05, 3.63) is 42.0 Å². The summed E-state index contributed by atoms with van der Waals surface area (Å²) in [6.45, 7) is 5.55. The van der Waals surface area contributed by atoms with E-state index in [0.717, 1.165) is 0 Å². The second kappa shape index (κ2) is 6.67. The number of ether oxygens (including phenoxy) is 1. The third-order valence-electron chi connectivity index (χ3n) is 1.81. The Hall–Kier alpha value is -0.770. The van der Waals surface area contributed by atoms with Gasteiger partial charge < -0.3 is 9.84 Å². The monoisotopic (exact) mass is 216 g/mol. The van der Waals surface area contributed by atoms with E-state index in [1.807, 2.05) is 0 Å². The molecule has 1 N–H and O–H groups in total. The van der Waals surface area contributed by atoms with Gasteiger partial charge in [-0.05, 0) is 18.6 Å². The molecule has 1 rings (SSSR count). The fourth-order valence-corrected chi connectivity index (χ4v) is 1.18. The molecule has 15 heavy (non-hydrogen) atoms. The van der Waals surface area contributed by atoms with E-state index in [9.17, 15) is 4.79 Å². The first-order valence-electron chi connectivity index (χ1n) is 4.23. The van der Waals surface area contributed by atoms with Gasteiger partial charge in [0.1, 0.15) is 17.9 Å². The molecule has 0 heterocycles. The summed E-state index contributed by atoms with van der Waals surface area (Å²) in [7, 11) is 0. The van der Waals surface area contributed by atoms with Crippen molar-refractivity contribution in [3.8, 4) is 5.75 Å². The summed E-state index contributed by atoms with van der Waals surface area (Å²) in [5.41, 5.74) is 0.911. The van der Waals surface area contributed by atoms with E-state index in [-0.39, 0.29) is 35.1 Å². The van der Waals surface area contributed by atoms with Crippen LogP contribution in [0.1, 0.15) is 15.9 Å². The number of aromatic carboxylic acids is 1. The molecule has 1 aromatic rings. The topological polar surface area (TPSA) is 46.5 Å². The van der Waals surface area contributed by atoms with Crippen molar-refractivity contribution in [2.45, 2.75) is 6.92 Å². The normalized spacial score (nSPS) is 8.87. The van der Waals surface area contributed by atoms with Gasteiger partial charge in [0.25, 0.3) is 0 Å². The zero-order valence-corrected chi connectivity index (χ0v) is 7.99. The first-order chi connectivity index (χ1) is 6.66. The number of hydrogen-bond acceptors (Lipinski definition) is 2. The molecule has 0 aliphatic heterocycles. The molecule has 0 saturated heterocycles. The molecule has 0 aliphatic carbocycles. The summed E-state index contributed by atoms with van der Waals surface area (Å²) < 4.78 is 5.23. The number of carboxylic acid groups (broad SMARTS) is 1.